The molecular weight excluding hydrogens is 312 g/mol. The van der Waals surface area contributed by atoms with Crippen molar-refractivity contribution in [3.8, 4) is 11.1 Å². The number of aryl methyl sites for hydroxylation is 1. The molecule has 26 heavy (non-hydrogen) atoms. The van der Waals surface area contributed by atoms with Gasteiger partial charge in [0.05, 0.1) is 0 Å². The first-order valence-corrected chi connectivity index (χ1v) is 10.4. The van der Waals surface area contributed by atoms with E-state index in [9.17, 15) is 0 Å². The molecule has 0 aliphatic heterocycles. The highest BCUT2D eigenvalue weighted by molar-refractivity contribution is 5.69. The number of hydrogen-bond acceptors (Lipinski definition) is 0. The maximum atomic E-state index is 2.54. The van der Waals surface area contributed by atoms with E-state index >= 15 is 0 Å². The zero-order valence-corrected chi connectivity index (χ0v) is 17.7. The molecule has 140 valence electrons. The maximum absolute atomic E-state index is 2.54. The standard InChI is InChI=1S/C26H36/c1-7-19-10-8-11-21(16-19)22-14-13-20(18-25(2,3)4)17-23(22)24-12-9-15-26(24,5)6/h8,10-11,13-14,16-17,24H,7,9,12,15,18H2,1-6H3/t24-/m0/s1. The summed E-state index contributed by atoms with van der Waals surface area (Å²) in [5.74, 6) is 0.669. The Morgan fingerprint density at radius 1 is 1.00 bits per heavy atom. The van der Waals surface area contributed by atoms with Crippen LogP contribution in [0.3, 0.4) is 0 Å². The highest BCUT2D eigenvalue weighted by Gasteiger charge is 2.36. The summed E-state index contributed by atoms with van der Waals surface area (Å²) < 4.78 is 0. The molecule has 0 radical (unpaired) electrons. The lowest BCUT2D eigenvalue weighted by Gasteiger charge is -2.30. The molecule has 0 aromatic heterocycles. The van der Waals surface area contributed by atoms with Crippen LogP contribution in [0.1, 0.15) is 83.4 Å². The third-order valence-corrected chi connectivity index (χ3v) is 6.13. The van der Waals surface area contributed by atoms with Crippen molar-refractivity contribution >= 4 is 0 Å². The second-order valence-corrected chi connectivity index (χ2v) is 10.1. The first-order valence-electron chi connectivity index (χ1n) is 10.4. The molecule has 0 N–H and O–H groups in total. The van der Waals surface area contributed by atoms with Crippen molar-refractivity contribution in [2.45, 2.75) is 79.6 Å². The molecule has 0 heterocycles. The van der Waals surface area contributed by atoms with Crippen molar-refractivity contribution in [2.24, 2.45) is 10.8 Å². The van der Waals surface area contributed by atoms with E-state index in [1.807, 2.05) is 0 Å². The van der Waals surface area contributed by atoms with Gasteiger partial charge in [-0.25, -0.2) is 0 Å². The zero-order valence-electron chi connectivity index (χ0n) is 17.7. The van der Waals surface area contributed by atoms with E-state index in [1.165, 1.54) is 41.5 Å². The topological polar surface area (TPSA) is 0 Å². The molecule has 1 saturated carbocycles. The van der Waals surface area contributed by atoms with E-state index < -0.39 is 0 Å². The van der Waals surface area contributed by atoms with E-state index in [4.69, 9.17) is 0 Å². The van der Waals surface area contributed by atoms with E-state index in [2.05, 4.69) is 84.0 Å². The molecule has 1 aliphatic rings. The van der Waals surface area contributed by atoms with Gasteiger partial charge >= 0.3 is 0 Å². The van der Waals surface area contributed by atoms with Crippen molar-refractivity contribution in [3.05, 3.63) is 59.2 Å². The minimum atomic E-state index is 0.326. The Balaban J connectivity index is 2.11. The summed E-state index contributed by atoms with van der Waals surface area (Å²) in [6, 6.07) is 16.5. The van der Waals surface area contributed by atoms with Crippen LogP contribution in [0.25, 0.3) is 11.1 Å². The van der Waals surface area contributed by atoms with Gasteiger partial charge in [0.15, 0.2) is 0 Å². The van der Waals surface area contributed by atoms with Gasteiger partial charge in [-0.2, -0.15) is 0 Å². The van der Waals surface area contributed by atoms with E-state index in [0.717, 1.165) is 12.8 Å². The normalized spacial score (nSPS) is 19.7. The van der Waals surface area contributed by atoms with Gasteiger partial charge in [0.25, 0.3) is 0 Å². The first kappa shape index (κ1) is 19.2. The molecule has 2 aromatic rings. The van der Waals surface area contributed by atoms with Gasteiger partial charge in [-0.3, -0.25) is 0 Å². The minimum absolute atomic E-state index is 0.326. The second-order valence-electron chi connectivity index (χ2n) is 10.1. The van der Waals surface area contributed by atoms with Crippen LogP contribution in [-0.2, 0) is 12.8 Å². The smallest absolute Gasteiger partial charge is 0.0104 e. The molecule has 1 aliphatic carbocycles. The summed E-state index contributed by atoms with van der Waals surface area (Å²) in [6.07, 6.45) is 6.26. The fourth-order valence-electron chi connectivity index (χ4n) is 4.75. The maximum Gasteiger partial charge on any atom is -0.0104 e. The average molecular weight is 349 g/mol. The minimum Gasteiger partial charge on any atom is -0.0614 e. The van der Waals surface area contributed by atoms with Crippen molar-refractivity contribution in [1.29, 1.82) is 0 Å². The SMILES string of the molecule is CCc1cccc(-c2ccc(CC(C)(C)C)cc2[C@@H]2CCCC2(C)C)c1. The molecule has 0 unspecified atom stereocenters. The molecule has 1 atom stereocenters. The highest BCUT2D eigenvalue weighted by Crippen LogP contribution is 2.51. The third-order valence-electron chi connectivity index (χ3n) is 6.13. The summed E-state index contributed by atoms with van der Waals surface area (Å²) in [6.45, 7) is 14.2. The van der Waals surface area contributed by atoms with Gasteiger partial charge in [-0.15, -0.1) is 0 Å². The van der Waals surface area contributed by atoms with Gasteiger partial charge < -0.3 is 0 Å². The van der Waals surface area contributed by atoms with Gasteiger partial charge in [0, 0.05) is 0 Å². The molecule has 0 saturated heterocycles. The van der Waals surface area contributed by atoms with Gasteiger partial charge in [0.1, 0.15) is 0 Å². The molecule has 0 amide bonds. The number of hydrogen-bond donors (Lipinski definition) is 0. The third kappa shape index (κ3) is 4.22. The molecule has 2 aromatic carbocycles. The van der Waals surface area contributed by atoms with Crippen LogP contribution in [-0.4, -0.2) is 0 Å². The Morgan fingerprint density at radius 3 is 2.38 bits per heavy atom. The predicted molar refractivity (Wildman–Crippen MR) is 115 cm³/mol. The fraction of sp³-hybridized carbons (Fsp3) is 0.538. The largest absolute Gasteiger partial charge is 0.0614 e. The summed E-state index contributed by atoms with van der Waals surface area (Å²) in [5, 5.41) is 0. The van der Waals surface area contributed by atoms with Crippen molar-refractivity contribution in [1.82, 2.24) is 0 Å². The first-order chi connectivity index (χ1) is 12.2. The lowest BCUT2D eigenvalue weighted by molar-refractivity contribution is 0.332. The predicted octanol–water partition coefficient (Wildman–Crippen LogP) is 7.80. The van der Waals surface area contributed by atoms with E-state index in [0.29, 0.717) is 16.7 Å². The molecular formula is C26H36. The van der Waals surface area contributed by atoms with Crippen molar-refractivity contribution in [3.63, 3.8) is 0 Å². The van der Waals surface area contributed by atoms with Gasteiger partial charge in [-0.1, -0.05) is 90.4 Å². The summed E-state index contributed by atoms with van der Waals surface area (Å²) in [5.41, 5.74) is 8.08. The Labute approximate surface area is 161 Å². The van der Waals surface area contributed by atoms with Crippen LogP contribution in [0, 0.1) is 10.8 Å². The lowest BCUT2D eigenvalue weighted by atomic mass is 9.74. The Bertz CT molecular complexity index is 758. The second kappa shape index (κ2) is 7.22. The van der Waals surface area contributed by atoms with Crippen molar-refractivity contribution in [2.75, 3.05) is 0 Å². The van der Waals surface area contributed by atoms with Crippen LogP contribution >= 0.6 is 0 Å². The Kier molecular flexibility index (Phi) is 5.33. The zero-order chi connectivity index (χ0) is 18.9. The quantitative estimate of drug-likeness (QED) is 0.528. The molecule has 0 bridgehead atoms. The number of rotatable bonds is 4. The van der Waals surface area contributed by atoms with Crippen LogP contribution < -0.4 is 0 Å². The average Bonchev–Trinajstić information content (AvgIpc) is 2.92. The van der Waals surface area contributed by atoms with E-state index in [-0.39, 0.29) is 0 Å². The highest BCUT2D eigenvalue weighted by atomic mass is 14.4. The van der Waals surface area contributed by atoms with Gasteiger partial charge in [0.2, 0.25) is 0 Å². The summed E-state index contributed by atoms with van der Waals surface area (Å²) in [4.78, 5) is 0. The molecule has 1 fully saturated rings. The van der Waals surface area contributed by atoms with Gasteiger partial charge in [-0.05, 0) is 70.2 Å². The lowest BCUT2D eigenvalue weighted by Crippen LogP contribution is -2.17. The Morgan fingerprint density at radius 2 is 1.77 bits per heavy atom. The van der Waals surface area contributed by atoms with Crippen LogP contribution in [0.4, 0.5) is 0 Å². The summed E-state index contributed by atoms with van der Waals surface area (Å²) in [7, 11) is 0. The van der Waals surface area contributed by atoms with E-state index in [1.54, 1.807) is 5.56 Å². The Hall–Kier alpha value is -1.56. The monoisotopic (exact) mass is 348 g/mol. The van der Waals surface area contributed by atoms with Crippen LogP contribution in [0.5, 0.6) is 0 Å². The van der Waals surface area contributed by atoms with Crippen molar-refractivity contribution < 1.29 is 0 Å². The summed E-state index contributed by atoms with van der Waals surface area (Å²) >= 11 is 0. The number of benzene rings is 2. The molecule has 0 heteroatoms. The fourth-order valence-corrected chi connectivity index (χ4v) is 4.75. The molecule has 0 spiro atoms. The van der Waals surface area contributed by atoms with Crippen LogP contribution in [0.2, 0.25) is 0 Å². The molecule has 3 rings (SSSR count). The van der Waals surface area contributed by atoms with Crippen LogP contribution in [0.15, 0.2) is 42.5 Å². The molecule has 0 nitrogen and oxygen atoms in total.